The summed E-state index contributed by atoms with van der Waals surface area (Å²) in [6.45, 7) is 8.86. The zero-order valence-corrected chi connectivity index (χ0v) is 20.5. The quantitative estimate of drug-likeness (QED) is 0.549. The van der Waals surface area contributed by atoms with Crippen molar-refractivity contribution in [1.82, 2.24) is 25.3 Å². The van der Waals surface area contributed by atoms with Crippen LogP contribution in [0.25, 0.3) is 11.4 Å². The van der Waals surface area contributed by atoms with Gasteiger partial charge in [-0.2, -0.15) is 4.98 Å². The Bertz CT molecular complexity index is 872. The van der Waals surface area contributed by atoms with Crippen LogP contribution in [0.5, 0.6) is 0 Å². The van der Waals surface area contributed by atoms with Crippen molar-refractivity contribution in [2.75, 3.05) is 39.3 Å². The lowest BCUT2D eigenvalue weighted by molar-refractivity contribution is -0.126. The summed E-state index contributed by atoms with van der Waals surface area (Å²) in [5, 5.41) is 7.29. The van der Waals surface area contributed by atoms with Gasteiger partial charge in [0.15, 0.2) is 0 Å². The summed E-state index contributed by atoms with van der Waals surface area (Å²) in [5.74, 6) is 2.22. The minimum absolute atomic E-state index is 0.0348. The van der Waals surface area contributed by atoms with Crippen molar-refractivity contribution in [2.45, 2.75) is 45.6 Å². The first-order chi connectivity index (χ1) is 15.6. The zero-order valence-electron chi connectivity index (χ0n) is 18.9. The zero-order chi connectivity index (χ0) is 22.3. The van der Waals surface area contributed by atoms with E-state index in [4.69, 9.17) is 4.52 Å². The smallest absolute Gasteiger partial charge is 0.241 e. The SMILES string of the molecule is CC1CCCN(CCCNC(=O)C2CCCN(Cc3nc(-c4ccc(Br)cc4)no3)C2)C1. The highest BCUT2D eigenvalue weighted by Gasteiger charge is 2.27. The van der Waals surface area contributed by atoms with Crippen molar-refractivity contribution in [1.29, 1.82) is 0 Å². The van der Waals surface area contributed by atoms with E-state index in [0.29, 0.717) is 18.3 Å². The first-order valence-electron chi connectivity index (χ1n) is 11.9. The van der Waals surface area contributed by atoms with E-state index < -0.39 is 0 Å². The highest BCUT2D eigenvalue weighted by atomic mass is 79.9. The van der Waals surface area contributed by atoms with Gasteiger partial charge in [-0.15, -0.1) is 0 Å². The van der Waals surface area contributed by atoms with Crippen molar-refractivity contribution in [3.63, 3.8) is 0 Å². The monoisotopic (exact) mass is 503 g/mol. The van der Waals surface area contributed by atoms with Gasteiger partial charge in [0.05, 0.1) is 12.5 Å². The van der Waals surface area contributed by atoms with Crippen molar-refractivity contribution in [3.8, 4) is 11.4 Å². The molecule has 1 aromatic heterocycles. The molecule has 3 heterocycles. The van der Waals surface area contributed by atoms with E-state index in [-0.39, 0.29) is 11.8 Å². The average Bonchev–Trinajstić information content (AvgIpc) is 3.26. The number of hydrogen-bond donors (Lipinski definition) is 1. The number of hydrogen-bond acceptors (Lipinski definition) is 6. The Balaban J connectivity index is 1.20. The first kappa shape index (κ1) is 23.4. The maximum absolute atomic E-state index is 12.7. The van der Waals surface area contributed by atoms with E-state index in [1.54, 1.807) is 0 Å². The molecule has 1 N–H and O–H groups in total. The molecule has 2 aliphatic heterocycles. The van der Waals surface area contributed by atoms with E-state index in [1.807, 2.05) is 24.3 Å². The van der Waals surface area contributed by atoms with Crippen molar-refractivity contribution < 1.29 is 9.32 Å². The van der Waals surface area contributed by atoms with Crippen LogP contribution >= 0.6 is 15.9 Å². The Morgan fingerprint density at radius 3 is 2.75 bits per heavy atom. The summed E-state index contributed by atoms with van der Waals surface area (Å²) in [6, 6.07) is 7.86. The second-order valence-electron chi connectivity index (χ2n) is 9.29. The number of nitrogens with one attached hydrogen (secondary N) is 1. The van der Waals surface area contributed by atoms with Crippen LogP contribution in [0.15, 0.2) is 33.3 Å². The van der Waals surface area contributed by atoms with Crippen molar-refractivity contribution in [2.24, 2.45) is 11.8 Å². The summed E-state index contributed by atoms with van der Waals surface area (Å²) in [5.41, 5.74) is 0.929. The van der Waals surface area contributed by atoms with E-state index in [0.717, 1.165) is 61.4 Å². The Hall–Kier alpha value is -1.77. The minimum Gasteiger partial charge on any atom is -0.356 e. The lowest BCUT2D eigenvalue weighted by Crippen LogP contribution is -2.43. The number of rotatable bonds is 8. The van der Waals surface area contributed by atoms with Crippen LogP contribution in [0.4, 0.5) is 0 Å². The fourth-order valence-electron chi connectivity index (χ4n) is 4.79. The predicted molar refractivity (Wildman–Crippen MR) is 128 cm³/mol. The van der Waals surface area contributed by atoms with Gasteiger partial charge >= 0.3 is 0 Å². The molecule has 2 aromatic rings. The molecule has 2 saturated heterocycles. The van der Waals surface area contributed by atoms with Crippen LogP contribution in [-0.4, -0.2) is 65.1 Å². The van der Waals surface area contributed by atoms with Crippen LogP contribution in [0.1, 0.15) is 44.9 Å². The van der Waals surface area contributed by atoms with Gasteiger partial charge in [0.25, 0.3) is 0 Å². The number of carbonyl (C=O) groups excluding carboxylic acids is 1. The molecule has 2 atom stereocenters. The van der Waals surface area contributed by atoms with Gasteiger partial charge < -0.3 is 14.7 Å². The van der Waals surface area contributed by atoms with Gasteiger partial charge in [0.2, 0.25) is 17.6 Å². The molecule has 0 spiro atoms. The van der Waals surface area contributed by atoms with Gasteiger partial charge in [0.1, 0.15) is 0 Å². The number of benzene rings is 1. The summed E-state index contributed by atoms with van der Waals surface area (Å²) in [7, 11) is 0. The van der Waals surface area contributed by atoms with Crippen molar-refractivity contribution >= 4 is 21.8 Å². The van der Waals surface area contributed by atoms with Gasteiger partial charge in [-0.25, -0.2) is 0 Å². The Morgan fingerprint density at radius 2 is 1.94 bits per heavy atom. The molecular weight excluding hydrogens is 470 g/mol. The fraction of sp³-hybridized carbons (Fsp3) is 0.625. The number of amides is 1. The van der Waals surface area contributed by atoms with Crippen LogP contribution in [0.3, 0.4) is 0 Å². The molecule has 0 bridgehead atoms. The van der Waals surface area contributed by atoms with Crippen molar-refractivity contribution in [3.05, 3.63) is 34.6 Å². The van der Waals surface area contributed by atoms with Gasteiger partial charge in [-0.1, -0.05) is 28.0 Å². The van der Waals surface area contributed by atoms with Crippen LogP contribution < -0.4 is 5.32 Å². The Kier molecular flexibility index (Phi) is 8.32. The number of halogens is 1. The average molecular weight is 504 g/mol. The van der Waals surface area contributed by atoms with E-state index in [1.165, 1.54) is 25.9 Å². The summed E-state index contributed by atoms with van der Waals surface area (Å²) in [6.07, 6.45) is 5.63. The maximum Gasteiger partial charge on any atom is 0.241 e. The van der Waals surface area contributed by atoms with E-state index >= 15 is 0 Å². The topological polar surface area (TPSA) is 74.5 Å². The molecule has 32 heavy (non-hydrogen) atoms. The second kappa shape index (κ2) is 11.4. The first-order valence-corrected chi connectivity index (χ1v) is 12.7. The standard InChI is InChI=1S/C24H34BrN5O2/c1-18-5-2-12-29(15-18)14-4-11-26-24(31)20-6-3-13-30(16-20)17-22-27-23(28-32-22)19-7-9-21(25)10-8-19/h7-10,18,20H,2-6,11-17H2,1H3,(H,26,31). The third-order valence-electron chi connectivity index (χ3n) is 6.50. The lowest BCUT2D eigenvalue weighted by Gasteiger charge is -2.31. The number of piperidine rings is 2. The molecule has 1 amide bonds. The molecule has 2 aliphatic rings. The molecular formula is C24H34BrN5O2. The van der Waals surface area contributed by atoms with Gasteiger partial charge in [-0.3, -0.25) is 9.69 Å². The molecule has 0 saturated carbocycles. The molecule has 174 valence electrons. The number of nitrogens with zero attached hydrogens (tertiary/aromatic N) is 4. The van der Waals surface area contributed by atoms with Crippen LogP contribution in [0, 0.1) is 11.8 Å². The lowest BCUT2D eigenvalue weighted by atomic mass is 9.97. The Morgan fingerprint density at radius 1 is 1.16 bits per heavy atom. The molecule has 8 heteroatoms. The molecule has 0 radical (unpaired) electrons. The second-order valence-corrected chi connectivity index (χ2v) is 10.2. The summed E-state index contributed by atoms with van der Waals surface area (Å²) < 4.78 is 6.49. The Labute approximate surface area is 199 Å². The normalized spacial score (nSPS) is 22.7. The molecule has 2 unspecified atom stereocenters. The predicted octanol–water partition coefficient (Wildman–Crippen LogP) is 3.95. The molecule has 0 aliphatic carbocycles. The third kappa shape index (κ3) is 6.62. The maximum atomic E-state index is 12.7. The fourth-order valence-corrected chi connectivity index (χ4v) is 5.05. The highest BCUT2D eigenvalue weighted by molar-refractivity contribution is 9.10. The third-order valence-corrected chi connectivity index (χ3v) is 7.03. The molecule has 4 rings (SSSR count). The molecule has 1 aromatic carbocycles. The number of aromatic nitrogens is 2. The molecule has 7 nitrogen and oxygen atoms in total. The summed E-state index contributed by atoms with van der Waals surface area (Å²) >= 11 is 3.44. The number of carbonyl (C=O) groups is 1. The van der Waals surface area contributed by atoms with Gasteiger partial charge in [-0.05, 0) is 81.9 Å². The van der Waals surface area contributed by atoms with Crippen LogP contribution in [0.2, 0.25) is 0 Å². The van der Waals surface area contributed by atoms with Gasteiger partial charge in [0, 0.05) is 29.7 Å². The minimum atomic E-state index is 0.0348. The summed E-state index contributed by atoms with van der Waals surface area (Å²) in [4.78, 5) is 22.0. The van der Waals surface area contributed by atoms with E-state index in [2.05, 4.69) is 48.1 Å². The molecule has 2 fully saturated rings. The van der Waals surface area contributed by atoms with E-state index in [9.17, 15) is 4.79 Å². The largest absolute Gasteiger partial charge is 0.356 e. The van der Waals surface area contributed by atoms with Crippen LogP contribution in [-0.2, 0) is 11.3 Å². The highest BCUT2D eigenvalue weighted by Crippen LogP contribution is 2.22. The number of likely N-dealkylation sites (tertiary alicyclic amines) is 2.